The van der Waals surface area contributed by atoms with Gasteiger partial charge in [-0.05, 0) is 53.7 Å². The summed E-state index contributed by atoms with van der Waals surface area (Å²) in [6.45, 7) is 0. The molecule has 0 aliphatic carbocycles. The summed E-state index contributed by atoms with van der Waals surface area (Å²) in [4.78, 5) is 14.8. The molecular formula is C17H23BrN2O3. The van der Waals surface area contributed by atoms with Crippen LogP contribution in [0.2, 0.25) is 0 Å². The van der Waals surface area contributed by atoms with Crippen molar-refractivity contribution in [2.75, 3.05) is 21.3 Å². The molecule has 1 aromatic rings. The van der Waals surface area contributed by atoms with Crippen molar-refractivity contribution in [1.82, 2.24) is 10.2 Å². The monoisotopic (exact) mass is 382 g/mol. The van der Waals surface area contributed by atoms with Gasteiger partial charge in [0.2, 0.25) is 0 Å². The zero-order valence-electron chi connectivity index (χ0n) is 13.8. The number of piperidine rings is 1. The van der Waals surface area contributed by atoms with E-state index in [-0.39, 0.29) is 5.91 Å². The van der Waals surface area contributed by atoms with Crippen LogP contribution in [0.25, 0.3) is 0 Å². The Morgan fingerprint density at radius 1 is 1.17 bits per heavy atom. The van der Waals surface area contributed by atoms with Gasteiger partial charge in [0.25, 0.3) is 5.91 Å². The van der Waals surface area contributed by atoms with Gasteiger partial charge >= 0.3 is 0 Å². The van der Waals surface area contributed by atoms with Crippen LogP contribution >= 0.6 is 15.9 Å². The van der Waals surface area contributed by atoms with E-state index >= 15 is 0 Å². The molecule has 0 spiro atoms. The van der Waals surface area contributed by atoms with Crippen molar-refractivity contribution in [3.8, 4) is 11.5 Å². The molecule has 2 saturated heterocycles. The highest BCUT2D eigenvalue weighted by Crippen LogP contribution is 2.36. The van der Waals surface area contributed by atoms with Crippen molar-refractivity contribution in [3.63, 3.8) is 0 Å². The molecule has 2 atom stereocenters. The molecule has 3 rings (SSSR count). The minimum atomic E-state index is 0.0143. The van der Waals surface area contributed by atoms with Gasteiger partial charge in [0.05, 0.1) is 14.2 Å². The Morgan fingerprint density at radius 3 is 2.17 bits per heavy atom. The lowest BCUT2D eigenvalue weighted by Crippen LogP contribution is -2.48. The van der Waals surface area contributed by atoms with Crippen LogP contribution in [0.3, 0.4) is 0 Å². The summed E-state index contributed by atoms with van der Waals surface area (Å²) >= 11 is 3.44. The second-order valence-corrected chi connectivity index (χ2v) is 7.17. The molecule has 23 heavy (non-hydrogen) atoms. The van der Waals surface area contributed by atoms with Gasteiger partial charge in [0, 0.05) is 30.7 Å². The molecule has 2 bridgehead atoms. The number of hydrogen-bond donors (Lipinski definition) is 1. The van der Waals surface area contributed by atoms with Gasteiger partial charge in [-0.15, -0.1) is 0 Å². The molecule has 2 aliphatic heterocycles. The summed E-state index contributed by atoms with van der Waals surface area (Å²) < 4.78 is 11.4. The fraction of sp³-hybridized carbons (Fsp3) is 0.588. The third-order valence-electron chi connectivity index (χ3n) is 5.01. The van der Waals surface area contributed by atoms with E-state index in [2.05, 4.69) is 21.2 Å². The fourth-order valence-electron chi connectivity index (χ4n) is 3.71. The fourth-order valence-corrected chi connectivity index (χ4v) is 4.26. The van der Waals surface area contributed by atoms with Crippen molar-refractivity contribution in [2.24, 2.45) is 0 Å². The molecule has 1 amide bonds. The van der Waals surface area contributed by atoms with Crippen LogP contribution in [0.5, 0.6) is 11.5 Å². The highest BCUT2D eigenvalue weighted by molar-refractivity contribution is 9.10. The maximum atomic E-state index is 12.9. The van der Waals surface area contributed by atoms with E-state index in [1.54, 1.807) is 26.4 Å². The summed E-state index contributed by atoms with van der Waals surface area (Å²) in [5.41, 5.74) is 0.593. The van der Waals surface area contributed by atoms with Gasteiger partial charge in [-0.3, -0.25) is 4.79 Å². The van der Waals surface area contributed by atoms with Crippen molar-refractivity contribution >= 4 is 21.8 Å². The Labute approximate surface area is 145 Å². The number of methoxy groups -OCH3 is 2. The zero-order chi connectivity index (χ0) is 16.6. The second-order valence-electron chi connectivity index (χ2n) is 6.37. The lowest BCUT2D eigenvalue weighted by Gasteiger charge is -2.35. The first kappa shape index (κ1) is 16.6. The van der Waals surface area contributed by atoms with Gasteiger partial charge in [0.15, 0.2) is 0 Å². The molecule has 126 valence electrons. The number of hydrogen-bond acceptors (Lipinski definition) is 4. The van der Waals surface area contributed by atoms with Crippen LogP contribution in [0.4, 0.5) is 0 Å². The highest BCUT2D eigenvalue weighted by Gasteiger charge is 2.36. The maximum absolute atomic E-state index is 12.9. The molecule has 5 nitrogen and oxygen atoms in total. The third-order valence-corrected chi connectivity index (χ3v) is 5.79. The maximum Gasteiger partial charge on any atom is 0.254 e. The molecule has 2 unspecified atom stereocenters. The van der Waals surface area contributed by atoms with Crippen molar-refractivity contribution in [3.05, 3.63) is 22.2 Å². The number of halogens is 1. The Kier molecular flexibility index (Phi) is 4.82. The van der Waals surface area contributed by atoms with E-state index in [0.29, 0.717) is 35.2 Å². The highest BCUT2D eigenvalue weighted by atomic mass is 79.9. The first-order valence-corrected chi connectivity index (χ1v) is 8.77. The van der Waals surface area contributed by atoms with E-state index in [4.69, 9.17) is 9.47 Å². The second kappa shape index (κ2) is 6.69. The average Bonchev–Trinajstić information content (AvgIpc) is 2.91. The van der Waals surface area contributed by atoms with E-state index in [0.717, 1.165) is 17.3 Å². The number of benzene rings is 1. The van der Waals surface area contributed by atoms with Crippen molar-refractivity contribution in [2.45, 2.75) is 43.8 Å². The first-order valence-electron chi connectivity index (χ1n) is 7.98. The Balaban J connectivity index is 1.82. The Bertz CT molecular complexity index is 570. The third kappa shape index (κ3) is 3.19. The molecule has 1 N–H and O–H groups in total. The lowest BCUT2D eigenvalue weighted by molar-refractivity contribution is 0.0681. The van der Waals surface area contributed by atoms with Crippen LogP contribution in [0.1, 0.15) is 36.0 Å². The van der Waals surface area contributed by atoms with Gasteiger partial charge in [-0.25, -0.2) is 0 Å². The summed E-state index contributed by atoms with van der Waals surface area (Å²) in [6, 6.07) is 4.94. The summed E-state index contributed by atoms with van der Waals surface area (Å²) in [5, 5.41) is 3.61. The van der Waals surface area contributed by atoms with E-state index in [1.165, 1.54) is 12.8 Å². The number of ether oxygens (including phenoxy) is 2. The van der Waals surface area contributed by atoms with Gasteiger partial charge in [0.1, 0.15) is 16.0 Å². The molecule has 0 aromatic heterocycles. The zero-order valence-corrected chi connectivity index (χ0v) is 15.4. The molecule has 0 radical (unpaired) electrons. The van der Waals surface area contributed by atoms with Crippen molar-refractivity contribution < 1.29 is 14.3 Å². The number of rotatable bonds is 4. The summed E-state index contributed by atoms with van der Waals surface area (Å²) in [5.74, 6) is 1.22. The number of nitrogens with zero attached hydrogens (tertiary/aromatic N) is 1. The SMILES string of the molecule is COc1cc(C(=O)N(C)C2CC3CCC(C2)N3)cc(OC)c1Br. The Morgan fingerprint density at radius 2 is 1.70 bits per heavy atom. The smallest absolute Gasteiger partial charge is 0.254 e. The molecule has 2 heterocycles. The van der Waals surface area contributed by atoms with Gasteiger partial charge in [-0.1, -0.05) is 0 Å². The van der Waals surface area contributed by atoms with E-state index in [1.807, 2.05) is 11.9 Å². The van der Waals surface area contributed by atoms with Crippen LogP contribution in [0, 0.1) is 0 Å². The van der Waals surface area contributed by atoms with Gasteiger partial charge < -0.3 is 19.7 Å². The number of nitrogens with one attached hydrogen (secondary N) is 1. The molecule has 1 aromatic carbocycles. The topological polar surface area (TPSA) is 50.8 Å². The Hall–Kier alpha value is -1.27. The summed E-state index contributed by atoms with van der Waals surface area (Å²) in [7, 11) is 5.07. The number of fused-ring (bicyclic) bond motifs is 2. The molecule has 2 aliphatic rings. The van der Waals surface area contributed by atoms with E-state index < -0.39 is 0 Å². The van der Waals surface area contributed by atoms with E-state index in [9.17, 15) is 4.79 Å². The lowest BCUT2D eigenvalue weighted by atomic mass is 9.98. The van der Waals surface area contributed by atoms with Crippen LogP contribution < -0.4 is 14.8 Å². The largest absolute Gasteiger partial charge is 0.495 e. The minimum Gasteiger partial charge on any atom is -0.495 e. The predicted octanol–water partition coefficient (Wildman–Crippen LogP) is 2.82. The minimum absolute atomic E-state index is 0.0143. The normalized spacial score (nSPS) is 26.0. The standard InChI is InChI=1S/C17H23BrN2O3/c1-20(13-8-11-4-5-12(9-13)19-11)17(21)10-6-14(22-2)16(18)15(7-10)23-3/h6-7,11-13,19H,4-5,8-9H2,1-3H3. The first-order chi connectivity index (χ1) is 11.0. The summed E-state index contributed by atoms with van der Waals surface area (Å²) in [6.07, 6.45) is 4.51. The number of amides is 1. The predicted molar refractivity (Wildman–Crippen MR) is 92.3 cm³/mol. The molecule has 6 heteroatoms. The van der Waals surface area contributed by atoms with Crippen LogP contribution in [-0.2, 0) is 0 Å². The van der Waals surface area contributed by atoms with Crippen LogP contribution in [-0.4, -0.2) is 50.2 Å². The molecule has 0 saturated carbocycles. The number of carbonyl (C=O) groups is 1. The van der Waals surface area contributed by atoms with Gasteiger partial charge in [-0.2, -0.15) is 0 Å². The van der Waals surface area contributed by atoms with Crippen LogP contribution in [0.15, 0.2) is 16.6 Å². The molecular weight excluding hydrogens is 360 g/mol. The average molecular weight is 383 g/mol. The number of carbonyl (C=O) groups excluding carboxylic acids is 1. The van der Waals surface area contributed by atoms with Crippen molar-refractivity contribution in [1.29, 1.82) is 0 Å². The quantitative estimate of drug-likeness (QED) is 0.869. The molecule has 2 fully saturated rings.